The van der Waals surface area contributed by atoms with E-state index in [2.05, 4.69) is 15.6 Å². The zero-order valence-corrected chi connectivity index (χ0v) is 11.5. The number of hydrogen-bond donors (Lipinski definition) is 2. The van der Waals surface area contributed by atoms with Crippen LogP contribution < -0.4 is 10.6 Å². The molecule has 2 aromatic rings. The van der Waals surface area contributed by atoms with Crippen LogP contribution in [0.4, 0.5) is 14.9 Å². The fourth-order valence-corrected chi connectivity index (χ4v) is 2.28. The van der Waals surface area contributed by atoms with Gasteiger partial charge in [0.2, 0.25) is 0 Å². The van der Waals surface area contributed by atoms with Gasteiger partial charge >= 0.3 is 6.03 Å². The zero-order chi connectivity index (χ0) is 13.8. The van der Waals surface area contributed by atoms with E-state index >= 15 is 0 Å². The number of hydrogen-bond acceptors (Lipinski definition) is 3. The van der Waals surface area contributed by atoms with Gasteiger partial charge in [-0.3, -0.25) is 0 Å². The number of carbonyl (C=O) groups excluding carboxylic acids is 1. The molecular formula is C13H14FN3OS. The predicted octanol–water partition coefficient (Wildman–Crippen LogP) is 3.22. The maximum absolute atomic E-state index is 13.1. The molecule has 19 heavy (non-hydrogen) atoms. The molecule has 0 aliphatic heterocycles. The number of aromatic nitrogens is 1. The molecular weight excluding hydrogens is 265 g/mol. The lowest BCUT2D eigenvalue weighted by molar-refractivity contribution is 0.252. The summed E-state index contributed by atoms with van der Waals surface area (Å²) in [5, 5.41) is 6.28. The van der Waals surface area contributed by atoms with E-state index in [1.54, 1.807) is 12.3 Å². The van der Waals surface area contributed by atoms with E-state index in [0.29, 0.717) is 12.2 Å². The number of carbonyl (C=O) groups is 1. The topological polar surface area (TPSA) is 54.0 Å². The van der Waals surface area contributed by atoms with Crippen LogP contribution in [0, 0.1) is 19.7 Å². The predicted molar refractivity (Wildman–Crippen MR) is 73.8 cm³/mol. The Balaban J connectivity index is 1.92. The average Bonchev–Trinajstić information content (AvgIpc) is 2.77. The third-order valence-corrected chi connectivity index (χ3v) is 3.45. The number of aryl methyl sites for hydroxylation is 2. The van der Waals surface area contributed by atoms with Crippen molar-refractivity contribution in [3.05, 3.63) is 45.7 Å². The van der Waals surface area contributed by atoms with Crippen molar-refractivity contribution in [2.24, 2.45) is 0 Å². The summed E-state index contributed by atoms with van der Waals surface area (Å²) in [5.74, 6) is -0.376. The van der Waals surface area contributed by atoms with Crippen molar-refractivity contribution in [1.82, 2.24) is 10.3 Å². The maximum atomic E-state index is 13.1. The van der Waals surface area contributed by atoms with Crippen LogP contribution in [0.15, 0.2) is 24.4 Å². The number of urea groups is 1. The van der Waals surface area contributed by atoms with Gasteiger partial charge in [-0.25, -0.2) is 14.2 Å². The highest BCUT2D eigenvalue weighted by molar-refractivity contribution is 7.11. The highest BCUT2D eigenvalue weighted by Gasteiger charge is 2.06. The average molecular weight is 279 g/mol. The molecule has 0 fully saturated rings. The van der Waals surface area contributed by atoms with Crippen LogP contribution in [0.1, 0.15) is 15.4 Å². The second-order valence-corrected chi connectivity index (χ2v) is 5.43. The van der Waals surface area contributed by atoms with E-state index in [4.69, 9.17) is 0 Å². The first-order chi connectivity index (χ1) is 9.04. The summed E-state index contributed by atoms with van der Waals surface area (Å²) < 4.78 is 13.1. The van der Waals surface area contributed by atoms with Crippen molar-refractivity contribution in [1.29, 1.82) is 0 Å². The number of anilines is 1. The molecule has 0 bridgehead atoms. The second kappa shape index (κ2) is 5.79. The number of amides is 2. The molecule has 4 nitrogen and oxygen atoms in total. The molecule has 2 N–H and O–H groups in total. The molecule has 100 valence electrons. The monoisotopic (exact) mass is 279 g/mol. The quantitative estimate of drug-likeness (QED) is 0.906. The van der Waals surface area contributed by atoms with E-state index in [0.717, 1.165) is 15.4 Å². The van der Waals surface area contributed by atoms with Gasteiger partial charge in [0, 0.05) is 16.8 Å². The maximum Gasteiger partial charge on any atom is 0.319 e. The number of benzene rings is 1. The Morgan fingerprint density at radius 3 is 2.89 bits per heavy atom. The van der Waals surface area contributed by atoms with Gasteiger partial charge in [-0.05, 0) is 31.5 Å². The van der Waals surface area contributed by atoms with Crippen molar-refractivity contribution in [2.45, 2.75) is 20.4 Å². The Bertz CT molecular complexity index is 597. The van der Waals surface area contributed by atoms with Gasteiger partial charge in [0.05, 0.1) is 11.6 Å². The van der Waals surface area contributed by atoms with E-state index in [9.17, 15) is 9.18 Å². The Morgan fingerprint density at radius 2 is 2.21 bits per heavy atom. The first kappa shape index (κ1) is 13.5. The fraction of sp³-hybridized carbons (Fsp3) is 0.231. The van der Waals surface area contributed by atoms with Crippen LogP contribution in [-0.4, -0.2) is 11.0 Å². The molecule has 1 heterocycles. The van der Waals surface area contributed by atoms with Crippen LogP contribution >= 0.6 is 11.3 Å². The molecule has 0 saturated carbocycles. The molecule has 0 radical (unpaired) electrons. The SMILES string of the molecule is Cc1ncc(CNC(=O)Nc2cc(F)ccc2C)s1. The molecule has 1 aromatic carbocycles. The number of nitrogens with one attached hydrogen (secondary N) is 2. The van der Waals surface area contributed by atoms with Crippen molar-refractivity contribution in [3.8, 4) is 0 Å². The summed E-state index contributed by atoms with van der Waals surface area (Å²) in [4.78, 5) is 16.8. The molecule has 0 unspecified atom stereocenters. The van der Waals surface area contributed by atoms with Gasteiger partial charge in [-0.1, -0.05) is 6.07 Å². The lowest BCUT2D eigenvalue weighted by Crippen LogP contribution is -2.28. The highest BCUT2D eigenvalue weighted by atomic mass is 32.1. The first-order valence-electron chi connectivity index (χ1n) is 5.77. The largest absolute Gasteiger partial charge is 0.333 e. The van der Waals surface area contributed by atoms with Gasteiger partial charge in [0.25, 0.3) is 0 Å². The summed E-state index contributed by atoms with van der Waals surface area (Å²) in [6.45, 7) is 4.12. The summed E-state index contributed by atoms with van der Waals surface area (Å²) >= 11 is 1.53. The number of rotatable bonds is 3. The minimum Gasteiger partial charge on any atom is -0.333 e. The standard InChI is InChI=1S/C13H14FN3OS/c1-8-3-4-10(14)5-12(8)17-13(18)16-7-11-6-15-9(2)19-11/h3-6H,7H2,1-2H3,(H2,16,17,18). The van der Waals surface area contributed by atoms with Gasteiger partial charge in [0.15, 0.2) is 0 Å². The number of thiazole rings is 1. The van der Waals surface area contributed by atoms with Crippen LogP contribution in [-0.2, 0) is 6.54 Å². The molecule has 0 atom stereocenters. The first-order valence-corrected chi connectivity index (χ1v) is 6.58. The van der Waals surface area contributed by atoms with Gasteiger partial charge in [0.1, 0.15) is 5.82 Å². The van der Waals surface area contributed by atoms with Gasteiger partial charge in [-0.2, -0.15) is 0 Å². The highest BCUT2D eigenvalue weighted by Crippen LogP contribution is 2.16. The number of nitrogens with zero attached hydrogens (tertiary/aromatic N) is 1. The molecule has 0 aliphatic rings. The normalized spacial score (nSPS) is 10.3. The molecule has 6 heteroatoms. The van der Waals surface area contributed by atoms with Crippen molar-refractivity contribution in [3.63, 3.8) is 0 Å². The Labute approximate surface area is 114 Å². The zero-order valence-electron chi connectivity index (χ0n) is 10.7. The summed E-state index contributed by atoms with van der Waals surface area (Å²) in [6.07, 6.45) is 1.73. The molecule has 1 aromatic heterocycles. The summed E-state index contributed by atoms with van der Waals surface area (Å²) in [6, 6.07) is 3.92. The van der Waals surface area contributed by atoms with Crippen molar-refractivity contribution >= 4 is 23.1 Å². The van der Waals surface area contributed by atoms with Crippen molar-refractivity contribution < 1.29 is 9.18 Å². The summed E-state index contributed by atoms with van der Waals surface area (Å²) in [5.41, 5.74) is 1.28. The van der Waals surface area contributed by atoms with Crippen LogP contribution in [0.3, 0.4) is 0 Å². The van der Waals surface area contributed by atoms with Crippen molar-refractivity contribution in [2.75, 3.05) is 5.32 Å². The minimum atomic E-state index is -0.376. The van der Waals surface area contributed by atoms with E-state index in [1.807, 2.05) is 13.8 Å². The van der Waals surface area contributed by atoms with Crippen LogP contribution in [0.25, 0.3) is 0 Å². The van der Waals surface area contributed by atoms with Crippen LogP contribution in [0.5, 0.6) is 0 Å². The lowest BCUT2D eigenvalue weighted by Gasteiger charge is -2.09. The fourth-order valence-electron chi connectivity index (χ4n) is 1.55. The smallest absolute Gasteiger partial charge is 0.319 e. The van der Waals surface area contributed by atoms with E-state index in [-0.39, 0.29) is 11.8 Å². The van der Waals surface area contributed by atoms with Crippen LogP contribution in [0.2, 0.25) is 0 Å². The number of halogens is 1. The Kier molecular flexibility index (Phi) is 4.11. The Morgan fingerprint density at radius 1 is 1.42 bits per heavy atom. The lowest BCUT2D eigenvalue weighted by atomic mass is 10.2. The minimum absolute atomic E-state index is 0.361. The second-order valence-electron chi connectivity index (χ2n) is 4.11. The Hall–Kier alpha value is -1.95. The summed E-state index contributed by atoms with van der Waals surface area (Å²) in [7, 11) is 0. The third-order valence-electron chi connectivity index (χ3n) is 2.54. The third kappa shape index (κ3) is 3.75. The van der Waals surface area contributed by atoms with E-state index in [1.165, 1.54) is 23.5 Å². The molecule has 0 aliphatic carbocycles. The van der Waals surface area contributed by atoms with Gasteiger partial charge in [-0.15, -0.1) is 11.3 Å². The molecule has 0 spiro atoms. The van der Waals surface area contributed by atoms with Gasteiger partial charge < -0.3 is 10.6 Å². The molecule has 2 amide bonds. The molecule has 2 rings (SSSR count). The molecule has 0 saturated heterocycles. The van der Waals surface area contributed by atoms with E-state index < -0.39 is 0 Å².